The van der Waals surface area contributed by atoms with Crippen LogP contribution in [-0.2, 0) is 14.3 Å². The zero-order chi connectivity index (χ0) is 23.5. The van der Waals surface area contributed by atoms with Gasteiger partial charge in [0.05, 0.1) is 32.9 Å². The van der Waals surface area contributed by atoms with Gasteiger partial charge in [-0.15, -0.1) is 0 Å². The predicted octanol–water partition coefficient (Wildman–Crippen LogP) is 3.30. The topological polar surface area (TPSA) is 126 Å². The van der Waals surface area contributed by atoms with E-state index in [0.717, 1.165) is 0 Å². The number of non-ortho nitro benzene ring substituents is 1. The molecule has 1 N–H and O–H groups in total. The number of nitro benzene ring substituents is 1. The lowest BCUT2D eigenvalue weighted by atomic mass is 9.97. The van der Waals surface area contributed by atoms with Gasteiger partial charge in [-0.3, -0.25) is 19.7 Å². The maximum Gasteiger partial charge on any atom is 0.322 e. The fourth-order valence-corrected chi connectivity index (χ4v) is 3.74. The van der Waals surface area contributed by atoms with Crippen molar-refractivity contribution in [2.24, 2.45) is 5.41 Å². The minimum Gasteiger partial charge on any atom is -0.493 e. The summed E-state index contributed by atoms with van der Waals surface area (Å²) in [6, 6.07) is 8.89. The number of ether oxygens (including phenoxy) is 4. The molecule has 2 aromatic carbocycles. The van der Waals surface area contributed by atoms with Crippen molar-refractivity contribution in [2.75, 3.05) is 33.3 Å². The lowest BCUT2D eigenvalue weighted by Crippen LogP contribution is -2.34. The van der Waals surface area contributed by atoms with E-state index in [2.05, 4.69) is 5.32 Å². The monoisotopic (exact) mass is 444 g/mol. The van der Waals surface area contributed by atoms with E-state index >= 15 is 0 Å². The van der Waals surface area contributed by atoms with Gasteiger partial charge in [0.2, 0.25) is 11.7 Å². The maximum atomic E-state index is 13.2. The van der Waals surface area contributed by atoms with E-state index in [1.165, 1.54) is 45.6 Å². The first-order valence-electron chi connectivity index (χ1n) is 9.85. The molecule has 0 unspecified atom stereocenters. The molecule has 1 saturated carbocycles. The molecule has 0 bridgehead atoms. The number of hydrogen-bond donors (Lipinski definition) is 1. The van der Waals surface area contributed by atoms with Gasteiger partial charge >= 0.3 is 5.97 Å². The Morgan fingerprint density at radius 3 is 2.31 bits per heavy atom. The van der Waals surface area contributed by atoms with Crippen molar-refractivity contribution in [1.29, 1.82) is 0 Å². The molecule has 0 heterocycles. The Balaban J connectivity index is 1.97. The molecule has 2 aromatic rings. The van der Waals surface area contributed by atoms with E-state index in [9.17, 15) is 19.7 Å². The molecule has 170 valence electrons. The Hall–Kier alpha value is -3.82. The Kier molecular flexibility index (Phi) is 6.52. The Labute approximate surface area is 184 Å². The summed E-state index contributed by atoms with van der Waals surface area (Å²) in [6.07, 6.45) is 0.200. The largest absolute Gasteiger partial charge is 0.493 e. The van der Waals surface area contributed by atoms with E-state index in [1.807, 2.05) is 0 Å². The van der Waals surface area contributed by atoms with Crippen LogP contribution in [0.15, 0.2) is 36.4 Å². The number of nitrogens with one attached hydrogen (secondary N) is 1. The highest BCUT2D eigenvalue weighted by Crippen LogP contribution is 2.62. The minimum atomic E-state index is -1.48. The molecule has 1 amide bonds. The second kappa shape index (κ2) is 9.13. The number of hydrogen-bond acceptors (Lipinski definition) is 8. The van der Waals surface area contributed by atoms with E-state index in [-0.39, 0.29) is 24.4 Å². The first-order valence-corrected chi connectivity index (χ1v) is 9.85. The lowest BCUT2D eigenvalue weighted by molar-refractivity contribution is -0.384. The Morgan fingerprint density at radius 2 is 1.78 bits per heavy atom. The zero-order valence-corrected chi connectivity index (χ0v) is 18.2. The van der Waals surface area contributed by atoms with Crippen molar-refractivity contribution in [3.05, 3.63) is 52.1 Å². The fourth-order valence-electron chi connectivity index (χ4n) is 3.74. The summed E-state index contributed by atoms with van der Waals surface area (Å²) in [5.41, 5.74) is -0.805. The standard InChI is InChI=1S/C22H24N2O8/c1-5-32-21(26)22(20(25)23-14-7-6-8-15(11-14)24(27)28)12-16(22)13-9-17(29-2)19(31-4)18(10-13)30-3/h6-11,16H,5,12H2,1-4H3,(H,23,25)/t16-,22+/m0/s1. The molecular formula is C22H24N2O8. The van der Waals surface area contributed by atoms with Crippen molar-refractivity contribution in [3.8, 4) is 17.2 Å². The fraction of sp³-hybridized carbons (Fsp3) is 0.364. The number of esters is 1. The van der Waals surface area contributed by atoms with Gasteiger partial charge in [0, 0.05) is 23.7 Å². The normalized spacial score (nSPS) is 18.9. The molecule has 2 atom stereocenters. The average molecular weight is 444 g/mol. The molecule has 10 nitrogen and oxygen atoms in total. The molecule has 0 radical (unpaired) electrons. The van der Waals surface area contributed by atoms with Crippen LogP contribution in [0.1, 0.15) is 24.8 Å². The summed E-state index contributed by atoms with van der Waals surface area (Å²) in [5, 5.41) is 13.7. The Morgan fingerprint density at radius 1 is 1.12 bits per heavy atom. The summed E-state index contributed by atoms with van der Waals surface area (Å²) in [6.45, 7) is 1.76. The summed E-state index contributed by atoms with van der Waals surface area (Å²) in [4.78, 5) is 36.6. The summed E-state index contributed by atoms with van der Waals surface area (Å²) >= 11 is 0. The van der Waals surface area contributed by atoms with Crippen LogP contribution in [0.5, 0.6) is 17.2 Å². The number of nitro groups is 1. The van der Waals surface area contributed by atoms with Gasteiger partial charge in [0.1, 0.15) is 0 Å². The number of methoxy groups -OCH3 is 3. The lowest BCUT2D eigenvalue weighted by Gasteiger charge is -2.18. The van der Waals surface area contributed by atoms with Crippen LogP contribution in [0.2, 0.25) is 0 Å². The molecule has 0 spiro atoms. The van der Waals surface area contributed by atoms with Crippen molar-refractivity contribution >= 4 is 23.3 Å². The summed E-state index contributed by atoms with van der Waals surface area (Å²) < 4.78 is 21.3. The van der Waals surface area contributed by atoms with Crippen LogP contribution in [0.3, 0.4) is 0 Å². The third kappa shape index (κ3) is 4.03. The molecule has 1 fully saturated rings. The van der Waals surface area contributed by atoms with Crippen LogP contribution in [0.4, 0.5) is 11.4 Å². The van der Waals surface area contributed by atoms with Gasteiger partial charge in [-0.2, -0.15) is 0 Å². The smallest absolute Gasteiger partial charge is 0.322 e. The SMILES string of the molecule is CCOC(=O)[C@]1(C(=O)Nc2cccc([N+](=O)[O-])c2)C[C@H]1c1cc(OC)c(OC)c(OC)c1. The number of nitrogens with zero attached hydrogens (tertiary/aromatic N) is 1. The molecule has 0 aliphatic heterocycles. The van der Waals surface area contributed by atoms with Gasteiger partial charge in [0.15, 0.2) is 16.9 Å². The third-order valence-electron chi connectivity index (χ3n) is 5.41. The molecule has 10 heteroatoms. The van der Waals surface area contributed by atoms with Crippen molar-refractivity contribution in [3.63, 3.8) is 0 Å². The number of anilines is 1. The number of benzene rings is 2. The van der Waals surface area contributed by atoms with Gasteiger partial charge in [-0.05, 0) is 37.1 Å². The molecular weight excluding hydrogens is 420 g/mol. The van der Waals surface area contributed by atoms with E-state index in [4.69, 9.17) is 18.9 Å². The number of carbonyl (C=O) groups is 2. The second-order valence-corrected chi connectivity index (χ2v) is 7.17. The minimum absolute atomic E-state index is 0.104. The third-order valence-corrected chi connectivity index (χ3v) is 5.41. The van der Waals surface area contributed by atoms with E-state index < -0.39 is 28.1 Å². The maximum absolute atomic E-state index is 13.2. The molecule has 1 aliphatic rings. The number of amides is 1. The van der Waals surface area contributed by atoms with Gasteiger partial charge in [0.25, 0.3) is 5.69 Å². The van der Waals surface area contributed by atoms with Gasteiger partial charge in [-0.25, -0.2) is 0 Å². The zero-order valence-electron chi connectivity index (χ0n) is 18.2. The number of rotatable bonds is 9. The summed E-state index contributed by atoms with van der Waals surface area (Å²) in [7, 11) is 4.43. The van der Waals surface area contributed by atoms with Gasteiger partial charge in [-0.1, -0.05) is 6.07 Å². The first kappa shape index (κ1) is 22.9. The highest BCUT2D eigenvalue weighted by molar-refractivity contribution is 6.13. The summed E-state index contributed by atoms with van der Waals surface area (Å²) in [5.74, 6) is -0.593. The second-order valence-electron chi connectivity index (χ2n) is 7.17. The molecule has 0 aromatic heterocycles. The molecule has 3 rings (SSSR count). The van der Waals surface area contributed by atoms with Crippen LogP contribution >= 0.6 is 0 Å². The van der Waals surface area contributed by atoms with Crippen LogP contribution in [-0.4, -0.2) is 44.7 Å². The molecule has 32 heavy (non-hydrogen) atoms. The average Bonchev–Trinajstić information content (AvgIpc) is 3.55. The van der Waals surface area contributed by atoms with Crippen LogP contribution < -0.4 is 19.5 Å². The highest BCUT2D eigenvalue weighted by atomic mass is 16.6. The van der Waals surface area contributed by atoms with Crippen LogP contribution in [0, 0.1) is 15.5 Å². The van der Waals surface area contributed by atoms with Gasteiger partial charge < -0.3 is 24.3 Å². The highest BCUT2D eigenvalue weighted by Gasteiger charge is 2.67. The van der Waals surface area contributed by atoms with Crippen molar-refractivity contribution in [2.45, 2.75) is 19.3 Å². The van der Waals surface area contributed by atoms with Crippen LogP contribution in [0.25, 0.3) is 0 Å². The first-order chi connectivity index (χ1) is 15.3. The van der Waals surface area contributed by atoms with Crippen molar-refractivity contribution < 1.29 is 33.5 Å². The molecule has 0 saturated heterocycles. The molecule has 1 aliphatic carbocycles. The Bertz CT molecular complexity index is 1030. The predicted molar refractivity (Wildman–Crippen MR) is 114 cm³/mol. The number of carbonyl (C=O) groups excluding carboxylic acids is 2. The van der Waals surface area contributed by atoms with E-state index in [1.54, 1.807) is 19.1 Å². The quantitative estimate of drug-likeness (QED) is 0.270. The van der Waals surface area contributed by atoms with Crippen molar-refractivity contribution in [1.82, 2.24) is 0 Å². The van der Waals surface area contributed by atoms with E-state index in [0.29, 0.717) is 22.8 Å².